The molecule has 0 amide bonds. The quantitative estimate of drug-likeness (QED) is 0.396. The van der Waals surface area contributed by atoms with Crippen LogP contribution in [0.25, 0.3) is 5.47 Å². The van der Waals surface area contributed by atoms with Gasteiger partial charge in [-0.15, -0.1) is 11.3 Å². The molecule has 1 fully saturated rings. The smallest absolute Gasteiger partial charge is 0.267 e. The average molecular weight is 426 g/mol. The minimum Gasteiger partial charge on any atom is -0.384 e. The van der Waals surface area contributed by atoms with Gasteiger partial charge in [-0.2, -0.15) is 22.7 Å². The summed E-state index contributed by atoms with van der Waals surface area (Å²) in [6.45, 7) is 1.15. The molecule has 0 aromatic carbocycles. The van der Waals surface area contributed by atoms with Crippen LogP contribution in [0.3, 0.4) is 0 Å². The molecular weight excluding hydrogens is 399 g/mol. The highest BCUT2D eigenvalue weighted by molar-refractivity contribution is 7.35. The number of ether oxygens (including phenoxy) is 1. The lowest BCUT2D eigenvalue weighted by atomic mass is 9.40. The second kappa shape index (κ2) is 10.1. The third kappa shape index (κ3) is 4.54. The van der Waals surface area contributed by atoms with Crippen molar-refractivity contribution in [3.05, 3.63) is 63.0 Å². The summed E-state index contributed by atoms with van der Waals surface area (Å²) in [6, 6.07) is 13.6. The first-order chi connectivity index (χ1) is 13.9. The van der Waals surface area contributed by atoms with Gasteiger partial charge >= 0.3 is 0 Å². The first-order valence-corrected chi connectivity index (χ1v) is 12.8. The Balaban J connectivity index is 1.89. The van der Waals surface area contributed by atoms with Crippen molar-refractivity contribution in [2.45, 2.75) is 38.5 Å². The Bertz CT molecular complexity index is 810. The standard InChI is InChI=1S/C23H27BOS3/c1-25-14-13-19(18-8-3-2-4-9-18)23(20-10-5-15-26-20)24(21-11-6-16-27-21)22-12-7-17-28-22/h5-7,10-12,15-18H,2-4,8-9,13-14H2,1H3/b23-19+. The maximum atomic E-state index is 5.57. The molecule has 1 saturated carbocycles. The SMILES string of the molecule is COCC/C(=C(\B(c1cccs1)c1cccs1)c1cccs1)C1CCCCC1. The molecule has 146 valence electrons. The van der Waals surface area contributed by atoms with Crippen molar-refractivity contribution in [2.75, 3.05) is 13.7 Å². The van der Waals surface area contributed by atoms with Crippen molar-refractivity contribution in [1.29, 1.82) is 0 Å². The van der Waals surface area contributed by atoms with Crippen LogP contribution in [-0.2, 0) is 4.74 Å². The van der Waals surface area contributed by atoms with Gasteiger partial charge in [0.1, 0.15) is 0 Å². The fourth-order valence-corrected chi connectivity index (χ4v) is 7.09. The van der Waals surface area contributed by atoms with Crippen LogP contribution in [0.2, 0.25) is 0 Å². The molecule has 3 aromatic heterocycles. The molecule has 0 atom stereocenters. The van der Waals surface area contributed by atoms with Crippen molar-refractivity contribution >= 4 is 55.7 Å². The molecule has 5 heteroatoms. The van der Waals surface area contributed by atoms with Crippen molar-refractivity contribution in [3.8, 4) is 0 Å². The van der Waals surface area contributed by atoms with Crippen molar-refractivity contribution < 1.29 is 4.74 Å². The number of hydrogen-bond acceptors (Lipinski definition) is 4. The predicted octanol–water partition coefficient (Wildman–Crippen LogP) is 6.09. The van der Waals surface area contributed by atoms with Gasteiger partial charge < -0.3 is 4.74 Å². The Kier molecular flexibility index (Phi) is 7.24. The van der Waals surface area contributed by atoms with E-state index in [1.165, 1.54) is 46.5 Å². The highest BCUT2D eigenvalue weighted by Crippen LogP contribution is 2.38. The zero-order chi connectivity index (χ0) is 19.2. The lowest BCUT2D eigenvalue weighted by Crippen LogP contribution is -2.41. The van der Waals surface area contributed by atoms with E-state index < -0.39 is 0 Å². The van der Waals surface area contributed by atoms with E-state index in [-0.39, 0.29) is 0 Å². The molecule has 0 spiro atoms. The Morgan fingerprint density at radius 1 is 0.929 bits per heavy atom. The molecule has 0 aliphatic heterocycles. The van der Waals surface area contributed by atoms with Crippen molar-refractivity contribution in [2.24, 2.45) is 5.92 Å². The number of thiophene rings is 3. The topological polar surface area (TPSA) is 9.23 Å². The molecule has 3 aromatic rings. The normalized spacial score (nSPS) is 16.2. The number of rotatable bonds is 8. The maximum absolute atomic E-state index is 5.57. The van der Waals surface area contributed by atoms with Crippen LogP contribution in [-0.4, -0.2) is 20.4 Å². The van der Waals surface area contributed by atoms with E-state index >= 15 is 0 Å². The van der Waals surface area contributed by atoms with E-state index in [1.807, 2.05) is 41.1 Å². The lowest BCUT2D eigenvalue weighted by molar-refractivity contribution is 0.198. The monoisotopic (exact) mass is 426 g/mol. The highest BCUT2D eigenvalue weighted by Gasteiger charge is 2.32. The van der Waals surface area contributed by atoms with Crippen LogP contribution in [0.15, 0.2) is 58.1 Å². The molecule has 1 aliphatic carbocycles. The Labute approximate surface area is 181 Å². The summed E-state index contributed by atoms with van der Waals surface area (Å²) in [5.41, 5.74) is 3.21. The van der Waals surface area contributed by atoms with E-state index in [1.54, 1.807) is 11.0 Å². The third-order valence-electron chi connectivity index (χ3n) is 5.75. The number of hydrogen-bond donors (Lipinski definition) is 0. The molecule has 0 radical (unpaired) electrons. The van der Waals surface area contributed by atoms with Gasteiger partial charge in [-0.3, -0.25) is 0 Å². The van der Waals surface area contributed by atoms with Crippen molar-refractivity contribution in [1.82, 2.24) is 0 Å². The summed E-state index contributed by atoms with van der Waals surface area (Å²) in [6.07, 6.45) is 7.82. The Morgan fingerprint density at radius 3 is 2.11 bits per heavy atom. The van der Waals surface area contributed by atoms with Crippen LogP contribution in [0.4, 0.5) is 0 Å². The summed E-state index contributed by atoms with van der Waals surface area (Å²) in [5, 5.41) is 6.67. The van der Waals surface area contributed by atoms with Crippen LogP contribution < -0.4 is 9.55 Å². The van der Waals surface area contributed by atoms with Crippen LogP contribution >= 0.6 is 34.0 Å². The van der Waals surface area contributed by atoms with Gasteiger partial charge in [-0.25, -0.2) is 0 Å². The van der Waals surface area contributed by atoms with Gasteiger partial charge in [0.05, 0.1) is 0 Å². The first kappa shape index (κ1) is 20.2. The molecule has 4 rings (SSSR count). The molecule has 0 saturated heterocycles. The third-order valence-corrected chi connectivity index (χ3v) is 8.53. The van der Waals surface area contributed by atoms with Gasteiger partial charge in [-0.1, -0.05) is 60.6 Å². The minimum absolute atomic E-state index is 0.340. The first-order valence-electron chi connectivity index (χ1n) is 10.2. The van der Waals surface area contributed by atoms with Crippen molar-refractivity contribution in [3.63, 3.8) is 0 Å². The largest absolute Gasteiger partial charge is 0.384 e. The van der Waals surface area contributed by atoms with Gasteiger partial charge in [0.25, 0.3) is 6.71 Å². The van der Waals surface area contributed by atoms with Gasteiger partial charge in [0.2, 0.25) is 0 Å². The second-order valence-electron chi connectivity index (χ2n) is 7.46. The lowest BCUT2D eigenvalue weighted by Gasteiger charge is -2.29. The van der Waals surface area contributed by atoms with E-state index in [0.717, 1.165) is 13.0 Å². The molecule has 0 N–H and O–H groups in total. The zero-order valence-electron chi connectivity index (χ0n) is 16.4. The van der Waals surface area contributed by atoms with E-state index in [2.05, 4.69) is 52.5 Å². The fraction of sp³-hybridized carbons (Fsp3) is 0.391. The van der Waals surface area contributed by atoms with Gasteiger partial charge in [-0.05, 0) is 56.9 Å². The number of methoxy groups -OCH3 is 1. The maximum Gasteiger partial charge on any atom is 0.267 e. The van der Waals surface area contributed by atoms with E-state index in [0.29, 0.717) is 12.6 Å². The summed E-state index contributed by atoms with van der Waals surface area (Å²) in [5.74, 6) is 0.698. The molecule has 0 unspecified atom stereocenters. The summed E-state index contributed by atoms with van der Waals surface area (Å²) in [7, 11) is 1.83. The molecule has 1 aliphatic rings. The predicted molar refractivity (Wildman–Crippen MR) is 128 cm³/mol. The molecule has 28 heavy (non-hydrogen) atoms. The van der Waals surface area contributed by atoms with E-state index in [9.17, 15) is 0 Å². The molecule has 0 bridgehead atoms. The van der Waals surface area contributed by atoms with E-state index in [4.69, 9.17) is 4.74 Å². The second-order valence-corrected chi connectivity index (χ2v) is 10.4. The van der Waals surface area contributed by atoms with Crippen LogP contribution in [0.1, 0.15) is 43.4 Å². The van der Waals surface area contributed by atoms with Crippen LogP contribution in [0.5, 0.6) is 0 Å². The van der Waals surface area contributed by atoms with Gasteiger partial charge in [0, 0.05) is 18.6 Å². The molecular formula is C23H27BOS3. The highest BCUT2D eigenvalue weighted by atomic mass is 32.1. The van der Waals surface area contributed by atoms with Crippen LogP contribution in [0, 0.1) is 5.92 Å². The van der Waals surface area contributed by atoms with Gasteiger partial charge in [0.15, 0.2) is 0 Å². The molecule has 3 heterocycles. The Morgan fingerprint density at radius 2 is 1.57 bits per heavy atom. The summed E-state index contributed by atoms with van der Waals surface area (Å²) in [4.78, 5) is 1.43. The summed E-state index contributed by atoms with van der Waals surface area (Å²) >= 11 is 5.67. The fourth-order valence-electron chi connectivity index (χ4n) is 4.48. The molecule has 1 nitrogen and oxygen atoms in total. The zero-order valence-corrected chi connectivity index (χ0v) is 18.9. The average Bonchev–Trinajstić information content (AvgIpc) is 3.51. The minimum atomic E-state index is 0.340. The summed E-state index contributed by atoms with van der Waals surface area (Å²) < 4.78 is 8.48. The Hall–Kier alpha value is -1.14.